The van der Waals surface area contributed by atoms with Crippen molar-refractivity contribution in [3.63, 3.8) is 0 Å². The SMILES string of the molecule is C=CCSc1nc2cc(-c3ccccc3)sc2c(=O)n1CC[NH+]1CCOCC1. The van der Waals surface area contributed by atoms with E-state index in [4.69, 9.17) is 9.72 Å². The largest absolute Gasteiger partial charge is 0.370 e. The zero-order valence-corrected chi connectivity index (χ0v) is 17.4. The molecule has 4 rings (SSSR count). The van der Waals surface area contributed by atoms with Crippen LogP contribution in [0.3, 0.4) is 0 Å². The van der Waals surface area contributed by atoms with Gasteiger partial charge in [0.1, 0.15) is 17.8 Å². The summed E-state index contributed by atoms with van der Waals surface area (Å²) < 4.78 is 8.03. The quantitative estimate of drug-likeness (QED) is 0.366. The Morgan fingerprint density at radius 1 is 1.29 bits per heavy atom. The monoisotopic (exact) mass is 414 g/mol. The van der Waals surface area contributed by atoms with Gasteiger partial charge in [0.2, 0.25) is 0 Å². The van der Waals surface area contributed by atoms with Crippen LogP contribution >= 0.6 is 23.1 Å². The molecule has 3 aromatic rings. The highest BCUT2D eigenvalue weighted by molar-refractivity contribution is 7.99. The van der Waals surface area contributed by atoms with E-state index in [0.717, 1.165) is 64.4 Å². The second-order valence-corrected chi connectivity index (χ2v) is 8.79. The first-order valence-electron chi connectivity index (χ1n) is 9.51. The van der Waals surface area contributed by atoms with Gasteiger partial charge in [0.05, 0.1) is 31.8 Å². The van der Waals surface area contributed by atoms with Crippen molar-refractivity contribution in [2.75, 3.05) is 38.6 Å². The fraction of sp³-hybridized carbons (Fsp3) is 0.333. The fourth-order valence-corrected chi connectivity index (χ4v) is 5.17. The van der Waals surface area contributed by atoms with Gasteiger partial charge >= 0.3 is 0 Å². The number of thioether (sulfide) groups is 1. The Bertz CT molecular complexity index is 1010. The normalized spacial score (nSPS) is 15.1. The minimum absolute atomic E-state index is 0.0661. The number of aromatic nitrogens is 2. The number of nitrogens with zero attached hydrogens (tertiary/aromatic N) is 2. The van der Waals surface area contributed by atoms with Crippen LogP contribution in [0, 0.1) is 0 Å². The molecule has 7 heteroatoms. The molecular formula is C21H24N3O2S2+. The molecule has 0 saturated carbocycles. The van der Waals surface area contributed by atoms with E-state index in [1.807, 2.05) is 34.9 Å². The van der Waals surface area contributed by atoms with Crippen LogP contribution in [-0.4, -0.2) is 48.2 Å². The lowest BCUT2D eigenvalue weighted by molar-refractivity contribution is -0.908. The average Bonchev–Trinajstić information content (AvgIpc) is 3.17. The number of ether oxygens (including phenoxy) is 1. The van der Waals surface area contributed by atoms with Crippen LogP contribution in [0.4, 0.5) is 0 Å². The number of quaternary nitrogens is 1. The molecule has 2 aromatic heterocycles. The number of benzene rings is 1. The number of morpholine rings is 1. The van der Waals surface area contributed by atoms with Crippen molar-refractivity contribution < 1.29 is 9.64 Å². The molecule has 0 aliphatic carbocycles. The van der Waals surface area contributed by atoms with Gasteiger partial charge in [-0.05, 0) is 11.6 Å². The van der Waals surface area contributed by atoms with Gasteiger partial charge in [0, 0.05) is 10.6 Å². The molecule has 0 spiro atoms. The first-order chi connectivity index (χ1) is 13.8. The zero-order chi connectivity index (χ0) is 19.3. The molecular weight excluding hydrogens is 390 g/mol. The summed E-state index contributed by atoms with van der Waals surface area (Å²) >= 11 is 3.11. The van der Waals surface area contributed by atoms with Gasteiger partial charge in [-0.1, -0.05) is 48.2 Å². The molecule has 5 nitrogen and oxygen atoms in total. The lowest BCUT2D eigenvalue weighted by Gasteiger charge is -2.24. The highest BCUT2D eigenvalue weighted by Gasteiger charge is 2.18. The summed E-state index contributed by atoms with van der Waals surface area (Å²) in [5.41, 5.74) is 1.97. The van der Waals surface area contributed by atoms with E-state index >= 15 is 0 Å². The maximum absolute atomic E-state index is 13.3. The van der Waals surface area contributed by atoms with Gasteiger partial charge in [-0.15, -0.1) is 17.9 Å². The maximum atomic E-state index is 13.3. The third kappa shape index (κ3) is 4.22. The molecule has 1 fully saturated rings. The third-order valence-corrected chi connectivity index (χ3v) is 7.01. The van der Waals surface area contributed by atoms with Crippen LogP contribution in [0.15, 0.2) is 59.0 Å². The van der Waals surface area contributed by atoms with Crippen molar-refractivity contribution in [2.24, 2.45) is 0 Å². The first-order valence-corrected chi connectivity index (χ1v) is 11.3. The van der Waals surface area contributed by atoms with Crippen molar-refractivity contribution in [3.8, 4) is 10.4 Å². The zero-order valence-electron chi connectivity index (χ0n) is 15.7. The molecule has 1 aliphatic heterocycles. The van der Waals surface area contributed by atoms with Gasteiger partial charge < -0.3 is 9.64 Å². The minimum atomic E-state index is 0.0661. The summed E-state index contributed by atoms with van der Waals surface area (Å²) in [7, 11) is 0. The standard InChI is InChI=1S/C21H23N3O2S2/c1-2-14-27-21-22-17-15-18(16-6-4-3-5-7-16)28-19(17)20(25)24(21)9-8-23-10-12-26-13-11-23/h2-7,15H,1,8-14H2/p+1. The summed E-state index contributed by atoms with van der Waals surface area (Å²) in [4.78, 5) is 20.7. The van der Waals surface area contributed by atoms with E-state index in [0.29, 0.717) is 6.54 Å². The van der Waals surface area contributed by atoms with Gasteiger partial charge in [0.25, 0.3) is 5.56 Å². The highest BCUT2D eigenvalue weighted by Crippen LogP contribution is 2.31. The predicted octanol–water partition coefficient (Wildman–Crippen LogP) is 2.32. The number of fused-ring (bicyclic) bond motifs is 1. The van der Waals surface area contributed by atoms with Crippen molar-refractivity contribution in [1.82, 2.24) is 9.55 Å². The minimum Gasteiger partial charge on any atom is -0.370 e. The van der Waals surface area contributed by atoms with E-state index in [1.54, 1.807) is 11.8 Å². The second kappa shape index (κ2) is 9.05. The van der Waals surface area contributed by atoms with Crippen LogP contribution < -0.4 is 10.5 Å². The molecule has 146 valence electrons. The maximum Gasteiger partial charge on any atom is 0.272 e. The van der Waals surface area contributed by atoms with Crippen molar-refractivity contribution in [2.45, 2.75) is 11.7 Å². The van der Waals surface area contributed by atoms with Gasteiger partial charge in [-0.3, -0.25) is 9.36 Å². The molecule has 3 heterocycles. The Morgan fingerprint density at radius 3 is 2.82 bits per heavy atom. The molecule has 0 amide bonds. The van der Waals surface area contributed by atoms with Crippen LogP contribution in [-0.2, 0) is 11.3 Å². The Morgan fingerprint density at radius 2 is 2.07 bits per heavy atom. The highest BCUT2D eigenvalue weighted by atomic mass is 32.2. The van der Waals surface area contributed by atoms with Gasteiger partial charge in [-0.25, -0.2) is 4.98 Å². The number of thiophene rings is 1. The molecule has 1 N–H and O–H groups in total. The van der Waals surface area contributed by atoms with Gasteiger partial charge in [0.15, 0.2) is 5.16 Å². The van der Waals surface area contributed by atoms with Crippen molar-refractivity contribution in [3.05, 3.63) is 59.4 Å². The summed E-state index contributed by atoms with van der Waals surface area (Å²) in [5, 5.41) is 0.780. The van der Waals surface area contributed by atoms with Crippen molar-refractivity contribution in [1.29, 1.82) is 0 Å². The van der Waals surface area contributed by atoms with Crippen LogP contribution in [0.2, 0.25) is 0 Å². The van der Waals surface area contributed by atoms with Gasteiger partial charge in [-0.2, -0.15) is 0 Å². The van der Waals surface area contributed by atoms with E-state index < -0.39 is 0 Å². The van der Waals surface area contributed by atoms with Crippen LogP contribution in [0.5, 0.6) is 0 Å². The second-order valence-electron chi connectivity index (χ2n) is 6.75. The Balaban J connectivity index is 1.69. The predicted molar refractivity (Wildman–Crippen MR) is 117 cm³/mol. The smallest absolute Gasteiger partial charge is 0.272 e. The lowest BCUT2D eigenvalue weighted by Crippen LogP contribution is -3.14. The van der Waals surface area contributed by atoms with E-state index in [2.05, 4.69) is 18.7 Å². The average molecular weight is 415 g/mol. The third-order valence-electron chi connectivity index (χ3n) is 4.88. The fourth-order valence-electron chi connectivity index (χ4n) is 3.36. The molecule has 1 aromatic carbocycles. The summed E-state index contributed by atoms with van der Waals surface area (Å²) in [6, 6.07) is 12.2. The number of hydrogen-bond donors (Lipinski definition) is 1. The number of rotatable bonds is 7. The Kier molecular flexibility index (Phi) is 6.26. The molecule has 0 radical (unpaired) electrons. The molecule has 28 heavy (non-hydrogen) atoms. The lowest BCUT2D eigenvalue weighted by atomic mass is 10.2. The van der Waals surface area contributed by atoms with Crippen LogP contribution in [0.1, 0.15) is 0 Å². The van der Waals surface area contributed by atoms with Crippen molar-refractivity contribution >= 4 is 33.3 Å². The van der Waals surface area contributed by atoms with E-state index in [1.165, 1.54) is 16.2 Å². The topological polar surface area (TPSA) is 48.6 Å². The van der Waals surface area contributed by atoms with E-state index in [9.17, 15) is 4.79 Å². The number of hydrogen-bond acceptors (Lipinski definition) is 5. The Hall–Kier alpha value is -1.93. The number of nitrogens with one attached hydrogen (secondary N) is 1. The summed E-state index contributed by atoms with van der Waals surface area (Å²) in [5.74, 6) is 0.734. The Labute approximate surface area is 172 Å². The molecule has 0 unspecified atom stereocenters. The molecule has 1 saturated heterocycles. The summed E-state index contributed by atoms with van der Waals surface area (Å²) in [6.07, 6.45) is 1.85. The first kappa shape index (κ1) is 19.4. The van der Waals surface area contributed by atoms with Crippen LogP contribution in [0.25, 0.3) is 20.7 Å². The molecule has 0 atom stereocenters. The molecule has 0 bridgehead atoms. The molecule has 1 aliphatic rings. The van der Waals surface area contributed by atoms with E-state index in [-0.39, 0.29) is 5.56 Å². The summed E-state index contributed by atoms with van der Waals surface area (Å²) in [6.45, 7) is 8.98.